The average Bonchev–Trinajstić information content (AvgIpc) is 2.82. The van der Waals surface area contributed by atoms with Crippen molar-refractivity contribution in [1.82, 2.24) is 15.8 Å². The fraction of sp³-hybridized carbons (Fsp3) is 0.375. The van der Waals surface area contributed by atoms with Crippen LogP contribution in [0.3, 0.4) is 0 Å². The Labute approximate surface area is 195 Å². The molecule has 0 aliphatic carbocycles. The number of halogens is 3. The lowest BCUT2D eigenvalue weighted by atomic mass is 10.0. The maximum atomic E-state index is 12.6. The van der Waals surface area contributed by atoms with Gasteiger partial charge in [-0.3, -0.25) is 25.2 Å². The quantitative estimate of drug-likeness (QED) is 0.628. The first-order valence-electron chi connectivity index (χ1n) is 11.0. The summed E-state index contributed by atoms with van der Waals surface area (Å²) in [6, 6.07) is 13.6. The van der Waals surface area contributed by atoms with Crippen LogP contribution in [0, 0.1) is 5.92 Å². The average molecular weight is 476 g/mol. The van der Waals surface area contributed by atoms with Crippen molar-refractivity contribution < 1.29 is 27.6 Å². The molecule has 182 valence electrons. The van der Waals surface area contributed by atoms with Gasteiger partial charge in [-0.2, -0.15) is 13.2 Å². The molecule has 10 heteroatoms. The third-order valence-corrected chi connectivity index (χ3v) is 5.60. The van der Waals surface area contributed by atoms with Gasteiger partial charge in [0.1, 0.15) is 0 Å². The highest BCUT2D eigenvalue weighted by molar-refractivity contribution is 5.95. The summed E-state index contributed by atoms with van der Waals surface area (Å²) < 4.78 is 37.8. The Morgan fingerprint density at radius 3 is 2.09 bits per heavy atom. The second-order valence-electron chi connectivity index (χ2n) is 8.29. The minimum absolute atomic E-state index is 0.0169. The number of nitrogens with one attached hydrogen (secondary N) is 2. The number of piperazine rings is 1. The van der Waals surface area contributed by atoms with Crippen molar-refractivity contribution in [3.8, 4) is 0 Å². The number of carbonyl (C=O) groups is 3. The highest BCUT2D eigenvalue weighted by atomic mass is 19.4. The van der Waals surface area contributed by atoms with Gasteiger partial charge in [0.05, 0.1) is 5.56 Å². The van der Waals surface area contributed by atoms with E-state index in [1.54, 1.807) is 11.8 Å². The minimum atomic E-state index is -4.49. The molecule has 1 aliphatic rings. The van der Waals surface area contributed by atoms with Gasteiger partial charge in [-0.1, -0.05) is 25.1 Å². The Bertz CT molecular complexity index is 989. The predicted octanol–water partition coefficient (Wildman–Crippen LogP) is 3.23. The molecule has 3 amide bonds. The van der Waals surface area contributed by atoms with Crippen molar-refractivity contribution in [2.75, 3.05) is 31.1 Å². The van der Waals surface area contributed by atoms with Gasteiger partial charge < -0.3 is 9.80 Å². The van der Waals surface area contributed by atoms with Gasteiger partial charge in [0.25, 0.3) is 5.91 Å². The number of amides is 3. The van der Waals surface area contributed by atoms with E-state index in [1.165, 1.54) is 0 Å². The summed E-state index contributed by atoms with van der Waals surface area (Å²) in [7, 11) is 0. The Morgan fingerprint density at radius 1 is 0.882 bits per heavy atom. The van der Waals surface area contributed by atoms with Crippen molar-refractivity contribution in [3.05, 3.63) is 65.7 Å². The van der Waals surface area contributed by atoms with Crippen LogP contribution in [0.2, 0.25) is 0 Å². The molecule has 3 rings (SSSR count). The number of hydrogen-bond donors (Lipinski definition) is 2. The van der Waals surface area contributed by atoms with Gasteiger partial charge in [0, 0.05) is 50.3 Å². The van der Waals surface area contributed by atoms with Crippen molar-refractivity contribution in [1.29, 1.82) is 0 Å². The van der Waals surface area contributed by atoms with E-state index in [0.717, 1.165) is 43.0 Å². The summed E-state index contributed by atoms with van der Waals surface area (Å²) in [6.45, 7) is 4.46. The molecule has 1 unspecified atom stereocenters. The van der Waals surface area contributed by atoms with Crippen LogP contribution in [-0.2, 0) is 15.8 Å². The molecule has 0 bridgehead atoms. The molecule has 1 fully saturated rings. The van der Waals surface area contributed by atoms with Crippen LogP contribution in [0.4, 0.5) is 18.9 Å². The van der Waals surface area contributed by atoms with Crippen molar-refractivity contribution in [3.63, 3.8) is 0 Å². The minimum Gasteiger partial charge on any atom is -0.368 e. The third kappa shape index (κ3) is 6.97. The molecule has 1 atom stereocenters. The largest absolute Gasteiger partial charge is 0.416 e. The molecule has 1 heterocycles. The van der Waals surface area contributed by atoms with Gasteiger partial charge in [0.2, 0.25) is 11.8 Å². The molecule has 2 aromatic rings. The topological polar surface area (TPSA) is 81.8 Å². The Balaban J connectivity index is 1.38. The Kier molecular flexibility index (Phi) is 8.14. The number of hydrazine groups is 1. The summed E-state index contributed by atoms with van der Waals surface area (Å²) in [4.78, 5) is 40.8. The number of carbonyl (C=O) groups excluding carboxylic acids is 3. The first-order chi connectivity index (χ1) is 16.1. The standard InChI is InChI=1S/C24H27F3N4O3/c1-17(16-22(33)31-13-11-30(12-14-31)20-5-3-2-4-6-20)15-21(32)28-29-23(34)18-7-9-19(10-8-18)24(25,26)27/h2-10,17H,11-16H2,1H3,(H,28,32)(H,29,34). The maximum absolute atomic E-state index is 12.6. The van der Waals surface area contributed by atoms with Gasteiger partial charge in [0.15, 0.2) is 0 Å². The van der Waals surface area contributed by atoms with Crippen LogP contribution in [0.15, 0.2) is 54.6 Å². The molecule has 0 radical (unpaired) electrons. The molecule has 0 aromatic heterocycles. The Morgan fingerprint density at radius 2 is 1.50 bits per heavy atom. The molecule has 0 saturated carbocycles. The second-order valence-corrected chi connectivity index (χ2v) is 8.29. The molecule has 2 aromatic carbocycles. The number of alkyl halides is 3. The van der Waals surface area contributed by atoms with E-state index in [-0.39, 0.29) is 30.2 Å². The van der Waals surface area contributed by atoms with E-state index in [1.807, 2.05) is 30.3 Å². The van der Waals surface area contributed by atoms with Crippen LogP contribution in [0.5, 0.6) is 0 Å². The smallest absolute Gasteiger partial charge is 0.368 e. The van der Waals surface area contributed by atoms with Gasteiger partial charge in [-0.25, -0.2) is 0 Å². The molecule has 34 heavy (non-hydrogen) atoms. The van der Waals surface area contributed by atoms with Crippen molar-refractivity contribution in [2.24, 2.45) is 5.92 Å². The number of benzene rings is 2. The summed E-state index contributed by atoms with van der Waals surface area (Å²) in [5.74, 6) is -1.50. The van der Waals surface area contributed by atoms with E-state index < -0.39 is 23.6 Å². The number of hydrogen-bond acceptors (Lipinski definition) is 4. The van der Waals surface area contributed by atoms with E-state index in [0.29, 0.717) is 13.1 Å². The third-order valence-electron chi connectivity index (χ3n) is 5.60. The van der Waals surface area contributed by atoms with E-state index in [2.05, 4.69) is 15.8 Å². The SMILES string of the molecule is CC(CC(=O)NNC(=O)c1ccc(C(F)(F)F)cc1)CC(=O)N1CCN(c2ccccc2)CC1. The maximum Gasteiger partial charge on any atom is 0.416 e. The van der Waals surface area contributed by atoms with E-state index in [4.69, 9.17) is 0 Å². The molecule has 1 aliphatic heterocycles. The summed E-state index contributed by atoms with van der Waals surface area (Å²) >= 11 is 0. The first kappa shape index (κ1) is 25.1. The summed E-state index contributed by atoms with van der Waals surface area (Å²) in [5, 5.41) is 0. The molecule has 7 nitrogen and oxygen atoms in total. The normalized spacial score (nSPS) is 14.9. The lowest BCUT2D eigenvalue weighted by Gasteiger charge is -2.36. The molecule has 1 saturated heterocycles. The van der Waals surface area contributed by atoms with E-state index in [9.17, 15) is 27.6 Å². The zero-order valence-corrected chi connectivity index (χ0v) is 18.8. The molecule has 0 spiro atoms. The summed E-state index contributed by atoms with van der Waals surface area (Å²) in [5.41, 5.74) is 4.65. The van der Waals surface area contributed by atoms with Crippen LogP contribution >= 0.6 is 0 Å². The van der Waals surface area contributed by atoms with Crippen LogP contribution < -0.4 is 15.8 Å². The molecular weight excluding hydrogens is 449 g/mol. The Hall–Kier alpha value is -3.56. The number of para-hydroxylation sites is 1. The van der Waals surface area contributed by atoms with Crippen molar-refractivity contribution >= 4 is 23.4 Å². The van der Waals surface area contributed by atoms with Gasteiger partial charge in [-0.15, -0.1) is 0 Å². The van der Waals surface area contributed by atoms with Crippen molar-refractivity contribution in [2.45, 2.75) is 25.9 Å². The monoisotopic (exact) mass is 476 g/mol. The first-order valence-corrected chi connectivity index (χ1v) is 11.0. The molecule has 2 N–H and O–H groups in total. The zero-order chi connectivity index (χ0) is 24.7. The second kappa shape index (κ2) is 11.0. The van der Waals surface area contributed by atoms with Crippen LogP contribution in [0.1, 0.15) is 35.7 Å². The van der Waals surface area contributed by atoms with Crippen LogP contribution in [0.25, 0.3) is 0 Å². The van der Waals surface area contributed by atoms with E-state index >= 15 is 0 Å². The molecular formula is C24H27F3N4O3. The van der Waals surface area contributed by atoms with Gasteiger partial charge >= 0.3 is 6.18 Å². The lowest BCUT2D eigenvalue weighted by Crippen LogP contribution is -2.49. The number of rotatable bonds is 6. The number of anilines is 1. The van der Waals surface area contributed by atoms with Gasteiger partial charge in [-0.05, 0) is 42.3 Å². The van der Waals surface area contributed by atoms with Crippen LogP contribution in [-0.4, -0.2) is 48.8 Å². The number of nitrogens with zero attached hydrogens (tertiary/aromatic N) is 2. The zero-order valence-electron chi connectivity index (χ0n) is 18.8. The lowest BCUT2D eigenvalue weighted by molar-refractivity contribution is -0.137. The summed E-state index contributed by atoms with van der Waals surface area (Å²) in [6.07, 6.45) is -4.28. The predicted molar refractivity (Wildman–Crippen MR) is 121 cm³/mol. The fourth-order valence-corrected chi connectivity index (χ4v) is 3.73. The highest BCUT2D eigenvalue weighted by Crippen LogP contribution is 2.29. The highest BCUT2D eigenvalue weighted by Gasteiger charge is 2.30. The fourth-order valence-electron chi connectivity index (χ4n) is 3.73.